The van der Waals surface area contributed by atoms with Crippen LogP contribution in [-0.2, 0) is 14.3 Å². The number of amides is 1. The molecule has 17 heavy (non-hydrogen) atoms. The molecule has 0 bridgehead atoms. The van der Waals surface area contributed by atoms with E-state index in [4.69, 9.17) is 9.84 Å². The number of piperidine rings is 1. The molecule has 0 aliphatic carbocycles. The fourth-order valence-electron chi connectivity index (χ4n) is 2.20. The first kappa shape index (κ1) is 14.0. The molecule has 0 spiro atoms. The largest absolute Gasteiger partial charge is 0.481 e. The molecule has 1 amide bonds. The fourth-order valence-corrected chi connectivity index (χ4v) is 2.20. The van der Waals surface area contributed by atoms with Crippen LogP contribution >= 0.6 is 0 Å². The van der Waals surface area contributed by atoms with Crippen LogP contribution in [-0.4, -0.2) is 48.7 Å². The smallest absolute Gasteiger partial charge is 0.303 e. The van der Waals surface area contributed by atoms with E-state index in [1.54, 1.807) is 7.11 Å². The summed E-state index contributed by atoms with van der Waals surface area (Å²) in [4.78, 5) is 24.1. The predicted octanol–water partition coefficient (Wildman–Crippen LogP) is 1.13. The highest BCUT2D eigenvalue weighted by molar-refractivity contribution is 5.76. The Morgan fingerprint density at radius 1 is 1.41 bits per heavy atom. The number of carbonyl (C=O) groups excluding carboxylic acids is 1. The maximum atomic E-state index is 11.8. The topological polar surface area (TPSA) is 66.8 Å². The van der Waals surface area contributed by atoms with Gasteiger partial charge in [-0.25, -0.2) is 0 Å². The number of aliphatic carboxylic acids is 1. The minimum Gasteiger partial charge on any atom is -0.481 e. The predicted molar refractivity (Wildman–Crippen MR) is 62.7 cm³/mol. The summed E-state index contributed by atoms with van der Waals surface area (Å²) in [6.45, 7) is 1.96. The molecule has 1 fully saturated rings. The van der Waals surface area contributed by atoms with Gasteiger partial charge in [0.05, 0.1) is 13.0 Å². The summed E-state index contributed by atoms with van der Waals surface area (Å²) in [5, 5.41) is 8.64. The molecule has 0 aromatic carbocycles. The number of rotatable bonds is 6. The van der Waals surface area contributed by atoms with Crippen LogP contribution in [0.1, 0.15) is 32.1 Å². The van der Waals surface area contributed by atoms with Crippen molar-refractivity contribution in [2.24, 2.45) is 5.92 Å². The molecule has 0 aromatic rings. The summed E-state index contributed by atoms with van der Waals surface area (Å²) in [7, 11) is 1.58. The Balaban J connectivity index is 2.32. The lowest BCUT2D eigenvalue weighted by Gasteiger charge is -2.32. The molecule has 1 aliphatic heterocycles. The lowest BCUT2D eigenvalue weighted by Crippen LogP contribution is -2.40. The quantitative estimate of drug-likeness (QED) is 0.759. The lowest BCUT2D eigenvalue weighted by molar-refractivity contribution is -0.137. The molecule has 98 valence electrons. The van der Waals surface area contributed by atoms with Crippen LogP contribution in [0.2, 0.25) is 0 Å². The van der Waals surface area contributed by atoms with Gasteiger partial charge >= 0.3 is 5.97 Å². The zero-order valence-electron chi connectivity index (χ0n) is 10.4. The molecular formula is C12H21NO4. The third-order valence-corrected chi connectivity index (χ3v) is 3.16. The number of likely N-dealkylation sites (tertiary alicyclic amines) is 1. The number of ether oxygens (including phenoxy) is 1. The van der Waals surface area contributed by atoms with Crippen LogP contribution in [0.5, 0.6) is 0 Å². The van der Waals surface area contributed by atoms with Gasteiger partial charge in [-0.15, -0.1) is 0 Å². The zero-order valence-corrected chi connectivity index (χ0v) is 10.4. The Morgan fingerprint density at radius 3 is 2.82 bits per heavy atom. The van der Waals surface area contributed by atoms with Crippen molar-refractivity contribution in [3.05, 3.63) is 0 Å². The van der Waals surface area contributed by atoms with E-state index in [2.05, 4.69) is 0 Å². The first-order chi connectivity index (χ1) is 8.13. The van der Waals surface area contributed by atoms with Crippen LogP contribution in [0.25, 0.3) is 0 Å². The minimum absolute atomic E-state index is 0.117. The van der Waals surface area contributed by atoms with Crippen LogP contribution in [0.3, 0.4) is 0 Å². The average molecular weight is 243 g/mol. The number of carbonyl (C=O) groups is 2. The Bertz CT molecular complexity index is 267. The van der Waals surface area contributed by atoms with Crippen molar-refractivity contribution in [2.45, 2.75) is 32.1 Å². The Morgan fingerprint density at radius 2 is 2.18 bits per heavy atom. The SMILES string of the molecule is COCCC(=O)N1CCCC(CCC(=O)O)C1. The maximum absolute atomic E-state index is 11.8. The van der Waals surface area contributed by atoms with Gasteiger partial charge in [-0.05, 0) is 25.2 Å². The van der Waals surface area contributed by atoms with E-state index < -0.39 is 5.97 Å². The highest BCUT2D eigenvalue weighted by Gasteiger charge is 2.23. The van der Waals surface area contributed by atoms with E-state index >= 15 is 0 Å². The third-order valence-electron chi connectivity index (χ3n) is 3.16. The normalized spacial score (nSPS) is 20.3. The van der Waals surface area contributed by atoms with Gasteiger partial charge in [0.2, 0.25) is 5.91 Å². The maximum Gasteiger partial charge on any atom is 0.303 e. The Hall–Kier alpha value is -1.10. The summed E-state index contributed by atoms with van der Waals surface area (Å²) >= 11 is 0. The molecule has 0 saturated carbocycles. The highest BCUT2D eigenvalue weighted by atomic mass is 16.5. The number of nitrogens with zero attached hydrogens (tertiary/aromatic N) is 1. The summed E-state index contributed by atoms with van der Waals surface area (Å²) in [5.74, 6) is -0.300. The molecule has 1 atom stereocenters. The number of carboxylic acids is 1. The second kappa shape index (κ2) is 7.27. The summed E-state index contributed by atoms with van der Waals surface area (Å²) < 4.78 is 4.88. The molecule has 1 unspecified atom stereocenters. The Labute approximate surface area is 102 Å². The number of hydrogen-bond donors (Lipinski definition) is 1. The van der Waals surface area contributed by atoms with E-state index in [9.17, 15) is 9.59 Å². The van der Waals surface area contributed by atoms with Crippen molar-refractivity contribution in [1.29, 1.82) is 0 Å². The first-order valence-corrected chi connectivity index (χ1v) is 6.12. The third kappa shape index (κ3) is 5.17. The fraction of sp³-hybridized carbons (Fsp3) is 0.833. The van der Waals surface area contributed by atoms with E-state index in [-0.39, 0.29) is 12.3 Å². The molecule has 0 radical (unpaired) electrons. The standard InChI is InChI=1S/C12H21NO4/c1-17-8-6-11(14)13-7-2-3-10(9-13)4-5-12(15)16/h10H,2-9H2,1H3,(H,15,16). The molecule has 5 nitrogen and oxygen atoms in total. The van der Waals surface area contributed by atoms with Crippen LogP contribution in [0, 0.1) is 5.92 Å². The molecule has 1 aliphatic rings. The minimum atomic E-state index is -0.757. The summed E-state index contributed by atoms with van der Waals surface area (Å²) in [5.41, 5.74) is 0. The molecular weight excluding hydrogens is 222 g/mol. The zero-order chi connectivity index (χ0) is 12.7. The van der Waals surface area contributed by atoms with Crippen molar-refractivity contribution in [3.63, 3.8) is 0 Å². The molecule has 1 N–H and O–H groups in total. The van der Waals surface area contributed by atoms with E-state index in [0.717, 1.165) is 19.4 Å². The highest BCUT2D eigenvalue weighted by Crippen LogP contribution is 2.21. The molecule has 1 heterocycles. The number of hydrogen-bond acceptors (Lipinski definition) is 3. The van der Waals surface area contributed by atoms with Crippen molar-refractivity contribution in [1.82, 2.24) is 4.90 Å². The second-order valence-corrected chi connectivity index (χ2v) is 4.52. The van der Waals surface area contributed by atoms with Gasteiger partial charge in [-0.2, -0.15) is 0 Å². The van der Waals surface area contributed by atoms with Gasteiger partial charge in [-0.1, -0.05) is 0 Å². The van der Waals surface area contributed by atoms with Crippen LogP contribution < -0.4 is 0 Å². The van der Waals surface area contributed by atoms with Gasteiger partial charge in [0.1, 0.15) is 0 Å². The number of carboxylic acid groups (broad SMARTS) is 1. The summed E-state index contributed by atoms with van der Waals surface area (Å²) in [6, 6.07) is 0. The summed E-state index contributed by atoms with van der Waals surface area (Å²) in [6.07, 6.45) is 3.29. The molecule has 5 heteroatoms. The van der Waals surface area contributed by atoms with Gasteiger partial charge in [-0.3, -0.25) is 9.59 Å². The van der Waals surface area contributed by atoms with Crippen LogP contribution in [0.4, 0.5) is 0 Å². The van der Waals surface area contributed by atoms with E-state index in [1.807, 2.05) is 4.90 Å². The van der Waals surface area contributed by atoms with Gasteiger partial charge in [0, 0.05) is 26.6 Å². The van der Waals surface area contributed by atoms with Gasteiger partial charge in [0.25, 0.3) is 0 Å². The van der Waals surface area contributed by atoms with Crippen molar-refractivity contribution in [3.8, 4) is 0 Å². The molecule has 0 aromatic heterocycles. The van der Waals surface area contributed by atoms with Crippen molar-refractivity contribution < 1.29 is 19.4 Å². The molecule has 1 saturated heterocycles. The van der Waals surface area contributed by atoms with E-state index in [0.29, 0.717) is 31.9 Å². The van der Waals surface area contributed by atoms with Gasteiger partial charge in [0.15, 0.2) is 0 Å². The molecule has 1 rings (SSSR count). The second-order valence-electron chi connectivity index (χ2n) is 4.52. The Kier molecular flexibility index (Phi) is 5.97. The number of methoxy groups -OCH3 is 1. The van der Waals surface area contributed by atoms with Crippen molar-refractivity contribution >= 4 is 11.9 Å². The first-order valence-electron chi connectivity index (χ1n) is 6.12. The van der Waals surface area contributed by atoms with Crippen molar-refractivity contribution in [2.75, 3.05) is 26.8 Å². The monoisotopic (exact) mass is 243 g/mol. The average Bonchev–Trinajstić information content (AvgIpc) is 2.33. The van der Waals surface area contributed by atoms with Gasteiger partial charge < -0.3 is 14.7 Å². The van der Waals surface area contributed by atoms with E-state index in [1.165, 1.54) is 0 Å². The van der Waals surface area contributed by atoms with Crippen LogP contribution in [0.15, 0.2) is 0 Å². The lowest BCUT2D eigenvalue weighted by atomic mass is 9.93.